The first-order valence-electron chi connectivity index (χ1n) is 5.73. The number of ketones is 1. The van der Waals surface area contributed by atoms with E-state index in [0.717, 1.165) is 17.5 Å². The number of Topliss-reactive ketones (excluding diaryl/α,β-unsaturated/α-hetero) is 1. The summed E-state index contributed by atoms with van der Waals surface area (Å²) in [5.41, 5.74) is 3.35. The maximum Gasteiger partial charge on any atom is 0.166 e. The van der Waals surface area contributed by atoms with Gasteiger partial charge in [-0.15, -0.1) is 0 Å². The summed E-state index contributed by atoms with van der Waals surface area (Å²) in [6, 6.07) is 6.00. The number of aryl methyl sites for hydroxylation is 1. The van der Waals surface area contributed by atoms with Crippen LogP contribution < -0.4 is 0 Å². The van der Waals surface area contributed by atoms with Gasteiger partial charge in [0.2, 0.25) is 0 Å². The van der Waals surface area contributed by atoms with Crippen LogP contribution in [-0.4, -0.2) is 12.9 Å². The van der Waals surface area contributed by atoms with Gasteiger partial charge < -0.3 is 4.74 Å². The number of methoxy groups -OCH3 is 1. The lowest BCUT2D eigenvalue weighted by molar-refractivity contribution is -0.129. The van der Waals surface area contributed by atoms with Gasteiger partial charge >= 0.3 is 0 Å². The van der Waals surface area contributed by atoms with E-state index in [1.165, 1.54) is 5.56 Å². The number of benzene rings is 1. The molecule has 0 heterocycles. The first kappa shape index (κ1) is 12.9. The summed E-state index contributed by atoms with van der Waals surface area (Å²) < 4.78 is 5.34. The molecule has 0 N–H and O–H groups in total. The van der Waals surface area contributed by atoms with Crippen molar-refractivity contribution in [3.63, 3.8) is 0 Å². The molecule has 1 unspecified atom stereocenters. The van der Waals surface area contributed by atoms with Crippen molar-refractivity contribution in [2.24, 2.45) is 0 Å². The highest BCUT2D eigenvalue weighted by Crippen LogP contribution is 2.25. The van der Waals surface area contributed by atoms with Gasteiger partial charge in [-0.2, -0.15) is 0 Å². The Morgan fingerprint density at radius 3 is 2.62 bits per heavy atom. The van der Waals surface area contributed by atoms with E-state index < -0.39 is 6.10 Å². The molecule has 16 heavy (non-hydrogen) atoms. The minimum Gasteiger partial charge on any atom is -0.369 e. The number of rotatable bonds is 5. The van der Waals surface area contributed by atoms with E-state index >= 15 is 0 Å². The molecule has 2 nitrogen and oxygen atoms in total. The van der Waals surface area contributed by atoms with Gasteiger partial charge in [0.1, 0.15) is 6.10 Å². The molecule has 0 spiro atoms. The molecule has 1 aromatic carbocycles. The molecule has 0 bridgehead atoms. The zero-order valence-corrected chi connectivity index (χ0v) is 10.5. The molecular formula is C14H20O2. The molecule has 2 heteroatoms. The van der Waals surface area contributed by atoms with Gasteiger partial charge in [-0.3, -0.25) is 4.79 Å². The highest BCUT2D eigenvalue weighted by molar-refractivity contribution is 5.84. The lowest BCUT2D eigenvalue weighted by Gasteiger charge is -2.17. The highest BCUT2D eigenvalue weighted by atomic mass is 16.5. The predicted molar refractivity (Wildman–Crippen MR) is 65.6 cm³/mol. The van der Waals surface area contributed by atoms with Crippen LogP contribution >= 0.6 is 0 Å². The second-order valence-corrected chi connectivity index (χ2v) is 4.12. The standard InChI is InChI=1S/C14H20O2/c1-5-7-13(15)14(16-4)12-9-6-8-10(2)11(12)3/h6,8-9,14H,5,7H2,1-4H3. The molecule has 88 valence electrons. The number of ether oxygens (including phenoxy) is 1. The van der Waals surface area contributed by atoms with Gasteiger partial charge in [0.05, 0.1) is 0 Å². The molecule has 0 amide bonds. The molecule has 0 saturated carbocycles. The molecule has 1 rings (SSSR count). The Labute approximate surface area is 97.6 Å². The summed E-state index contributed by atoms with van der Waals surface area (Å²) in [6.45, 7) is 6.10. The summed E-state index contributed by atoms with van der Waals surface area (Å²) in [5, 5.41) is 0. The average Bonchev–Trinajstić information content (AvgIpc) is 2.25. The molecule has 0 aliphatic heterocycles. The van der Waals surface area contributed by atoms with Crippen LogP contribution in [0.25, 0.3) is 0 Å². The van der Waals surface area contributed by atoms with Gasteiger partial charge in [-0.1, -0.05) is 25.1 Å². The van der Waals surface area contributed by atoms with Crippen LogP contribution in [0.15, 0.2) is 18.2 Å². The largest absolute Gasteiger partial charge is 0.369 e. The zero-order valence-electron chi connectivity index (χ0n) is 10.5. The quantitative estimate of drug-likeness (QED) is 0.760. The van der Waals surface area contributed by atoms with Crippen LogP contribution in [-0.2, 0) is 9.53 Å². The SMILES string of the molecule is CCCC(=O)C(OC)c1cccc(C)c1C. The van der Waals surface area contributed by atoms with Crippen LogP contribution in [0, 0.1) is 13.8 Å². The summed E-state index contributed by atoms with van der Waals surface area (Å²) in [6.07, 6.45) is 1.04. The van der Waals surface area contributed by atoms with Gasteiger partial charge in [-0.05, 0) is 37.0 Å². The fourth-order valence-corrected chi connectivity index (χ4v) is 1.87. The minimum absolute atomic E-state index is 0.165. The Hall–Kier alpha value is -1.15. The summed E-state index contributed by atoms with van der Waals surface area (Å²) in [7, 11) is 1.60. The summed E-state index contributed by atoms with van der Waals surface area (Å²) in [5.74, 6) is 0.165. The Morgan fingerprint density at radius 1 is 1.38 bits per heavy atom. The second kappa shape index (κ2) is 5.80. The van der Waals surface area contributed by atoms with Crippen molar-refractivity contribution in [3.8, 4) is 0 Å². The minimum atomic E-state index is -0.403. The van der Waals surface area contributed by atoms with Crippen molar-refractivity contribution in [1.82, 2.24) is 0 Å². The Balaban J connectivity index is 3.04. The second-order valence-electron chi connectivity index (χ2n) is 4.12. The third kappa shape index (κ3) is 2.70. The van der Waals surface area contributed by atoms with Crippen molar-refractivity contribution < 1.29 is 9.53 Å². The lowest BCUT2D eigenvalue weighted by atomic mass is 9.95. The first-order valence-corrected chi connectivity index (χ1v) is 5.73. The third-order valence-corrected chi connectivity index (χ3v) is 2.95. The van der Waals surface area contributed by atoms with Gasteiger partial charge in [0.15, 0.2) is 5.78 Å². The van der Waals surface area contributed by atoms with Crippen molar-refractivity contribution in [2.45, 2.75) is 39.7 Å². The van der Waals surface area contributed by atoms with E-state index in [9.17, 15) is 4.79 Å². The smallest absolute Gasteiger partial charge is 0.166 e. The van der Waals surface area contributed by atoms with Crippen LogP contribution in [0.1, 0.15) is 42.6 Å². The van der Waals surface area contributed by atoms with Crippen LogP contribution in [0.3, 0.4) is 0 Å². The van der Waals surface area contributed by atoms with Gasteiger partial charge in [-0.25, -0.2) is 0 Å². The average molecular weight is 220 g/mol. The Kier molecular flexibility index (Phi) is 4.69. The topological polar surface area (TPSA) is 26.3 Å². The van der Waals surface area contributed by atoms with Crippen LogP contribution in [0.5, 0.6) is 0 Å². The maximum atomic E-state index is 11.9. The number of hydrogen-bond acceptors (Lipinski definition) is 2. The molecular weight excluding hydrogens is 200 g/mol. The van der Waals surface area contributed by atoms with E-state index in [2.05, 4.69) is 13.0 Å². The molecule has 1 aromatic rings. The van der Waals surface area contributed by atoms with Crippen LogP contribution in [0.2, 0.25) is 0 Å². The molecule has 0 aliphatic carbocycles. The lowest BCUT2D eigenvalue weighted by Crippen LogP contribution is -2.15. The molecule has 0 saturated heterocycles. The zero-order chi connectivity index (χ0) is 12.1. The molecule has 0 aromatic heterocycles. The molecule has 0 radical (unpaired) electrons. The normalized spacial score (nSPS) is 12.5. The monoisotopic (exact) mass is 220 g/mol. The predicted octanol–water partition coefficient (Wildman–Crippen LogP) is 3.36. The molecule has 0 fully saturated rings. The Bertz CT molecular complexity index is 369. The number of carbonyl (C=O) groups is 1. The molecule has 0 aliphatic rings. The fraction of sp³-hybridized carbons (Fsp3) is 0.500. The van der Waals surface area contributed by atoms with E-state index in [1.54, 1.807) is 7.11 Å². The van der Waals surface area contributed by atoms with Crippen molar-refractivity contribution in [2.75, 3.05) is 7.11 Å². The van der Waals surface area contributed by atoms with Crippen molar-refractivity contribution >= 4 is 5.78 Å². The van der Waals surface area contributed by atoms with Gasteiger partial charge in [0, 0.05) is 13.5 Å². The highest BCUT2D eigenvalue weighted by Gasteiger charge is 2.20. The van der Waals surface area contributed by atoms with Crippen LogP contribution in [0.4, 0.5) is 0 Å². The first-order chi connectivity index (χ1) is 7.61. The number of carbonyl (C=O) groups excluding carboxylic acids is 1. The Morgan fingerprint density at radius 2 is 2.06 bits per heavy atom. The van der Waals surface area contributed by atoms with E-state index in [0.29, 0.717) is 6.42 Å². The van der Waals surface area contributed by atoms with E-state index in [1.807, 2.05) is 26.0 Å². The summed E-state index contributed by atoms with van der Waals surface area (Å²) >= 11 is 0. The van der Waals surface area contributed by atoms with Crippen molar-refractivity contribution in [1.29, 1.82) is 0 Å². The van der Waals surface area contributed by atoms with E-state index in [4.69, 9.17) is 4.74 Å². The van der Waals surface area contributed by atoms with Crippen molar-refractivity contribution in [3.05, 3.63) is 34.9 Å². The fourth-order valence-electron chi connectivity index (χ4n) is 1.87. The maximum absolute atomic E-state index is 11.9. The third-order valence-electron chi connectivity index (χ3n) is 2.95. The van der Waals surface area contributed by atoms with E-state index in [-0.39, 0.29) is 5.78 Å². The summed E-state index contributed by atoms with van der Waals surface area (Å²) in [4.78, 5) is 11.9. The molecule has 1 atom stereocenters. The number of hydrogen-bond donors (Lipinski definition) is 0. The van der Waals surface area contributed by atoms with Gasteiger partial charge in [0.25, 0.3) is 0 Å².